The van der Waals surface area contributed by atoms with Crippen molar-refractivity contribution in [1.82, 2.24) is 9.62 Å². The fourth-order valence-electron chi connectivity index (χ4n) is 3.63. The van der Waals surface area contributed by atoms with Gasteiger partial charge in [-0.1, -0.05) is 54.1 Å². The lowest BCUT2D eigenvalue weighted by molar-refractivity contribution is -0.126. The van der Waals surface area contributed by atoms with Crippen LogP contribution in [0.4, 0.5) is 0 Å². The third-order valence-electron chi connectivity index (χ3n) is 5.17. The number of hydrogen-bond donors (Lipinski definition) is 1. The van der Waals surface area contributed by atoms with Crippen LogP contribution in [0.1, 0.15) is 30.4 Å². The highest BCUT2D eigenvalue weighted by Crippen LogP contribution is 2.22. The van der Waals surface area contributed by atoms with E-state index >= 15 is 0 Å². The van der Waals surface area contributed by atoms with E-state index in [0.717, 1.165) is 12.8 Å². The van der Waals surface area contributed by atoms with Crippen molar-refractivity contribution in [2.75, 3.05) is 19.6 Å². The lowest BCUT2D eigenvalue weighted by Crippen LogP contribution is -2.45. The van der Waals surface area contributed by atoms with E-state index in [1.807, 2.05) is 18.2 Å². The van der Waals surface area contributed by atoms with Gasteiger partial charge in [0.05, 0.1) is 11.7 Å². The number of carbonyl (C=O) groups excluding carboxylic acids is 1. The van der Waals surface area contributed by atoms with E-state index in [1.54, 1.807) is 24.3 Å². The number of nitrogens with one attached hydrogen (secondary N) is 1. The molecule has 0 radical (unpaired) electrons. The van der Waals surface area contributed by atoms with Crippen molar-refractivity contribution < 1.29 is 13.2 Å². The molecule has 29 heavy (non-hydrogen) atoms. The smallest absolute Gasteiger partial charge is 0.224 e. The molecule has 1 saturated heterocycles. The Labute approximate surface area is 178 Å². The molecule has 0 unspecified atom stereocenters. The van der Waals surface area contributed by atoms with Gasteiger partial charge in [-0.05, 0) is 48.9 Å². The standard InChI is InChI=1S/C22H27ClN2O3S/c23-21-12-4-9-19(15-21)17-29(27,28)25-14-6-11-20(16-25)22(26)24-13-5-10-18-7-2-1-3-8-18/h1-4,7-9,12,15,20H,5-6,10-11,13-14,16-17H2,(H,24,26)/t20-/m0/s1. The molecule has 0 bridgehead atoms. The lowest BCUT2D eigenvalue weighted by Gasteiger charge is -2.31. The Hall–Kier alpha value is -1.89. The summed E-state index contributed by atoms with van der Waals surface area (Å²) in [5.74, 6) is -0.450. The average molecular weight is 435 g/mol. The normalized spacial score (nSPS) is 17.8. The zero-order valence-corrected chi connectivity index (χ0v) is 18.0. The number of halogens is 1. The van der Waals surface area contributed by atoms with Crippen LogP contribution in [0.5, 0.6) is 0 Å². The van der Waals surface area contributed by atoms with E-state index in [4.69, 9.17) is 11.6 Å². The Morgan fingerprint density at radius 2 is 1.86 bits per heavy atom. The van der Waals surface area contributed by atoms with Crippen LogP contribution in [0, 0.1) is 5.92 Å². The molecule has 3 rings (SSSR count). The molecule has 1 fully saturated rings. The molecule has 1 heterocycles. The first-order valence-corrected chi connectivity index (χ1v) is 12.0. The summed E-state index contributed by atoms with van der Waals surface area (Å²) in [6, 6.07) is 17.0. The van der Waals surface area contributed by atoms with Gasteiger partial charge in [-0.2, -0.15) is 0 Å². The molecule has 1 atom stereocenters. The molecule has 1 aliphatic rings. The minimum absolute atomic E-state index is 0.0549. The topological polar surface area (TPSA) is 66.5 Å². The van der Waals surface area contributed by atoms with E-state index in [9.17, 15) is 13.2 Å². The molecule has 1 aliphatic heterocycles. The van der Waals surface area contributed by atoms with E-state index in [1.165, 1.54) is 9.87 Å². The summed E-state index contributed by atoms with van der Waals surface area (Å²) >= 11 is 5.96. The Kier molecular flexibility index (Phi) is 7.70. The first kappa shape index (κ1) is 21.8. The predicted octanol–water partition coefficient (Wildman–Crippen LogP) is 3.63. The SMILES string of the molecule is O=C(NCCCc1ccccc1)[C@H]1CCCN(S(=O)(=O)Cc2cccc(Cl)c2)C1. The van der Waals surface area contributed by atoms with Crippen molar-refractivity contribution in [3.8, 4) is 0 Å². The largest absolute Gasteiger partial charge is 0.356 e. The van der Waals surface area contributed by atoms with Gasteiger partial charge in [0.15, 0.2) is 0 Å². The molecule has 7 heteroatoms. The number of piperidine rings is 1. The molecule has 0 aromatic heterocycles. The van der Waals surface area contributed by atoms with Crippen molar-refractivity contribution in [3.05, 3.63) is 70.7 Å². The monoisotopic (exact) mass is 434 g/mol. The number of amides is 1. The summed E-state index contributed by atoms with van der Waals surface area (Å²) in [6.07, 6.45) is 3.18. The summed E-state index contributed by atoms with van der Waals surface area (Å²) < 4.78 is 27.1. The van der Waals surface area contributed by atoms with Gasteiger partial charge in [0.2, 0.25) is 15.9 Å². The van der Waals surface area contributed by atoms with Crippen molar-refractivity contribution in [1.29, 1.82) is 0 Å². The summed E-state index contributed by atoms with van der Waals surface area (Å²) in [5.41, 5.74) is 1.91. The molecule has 2 aromatic rings. The maximum atomic E-state index is 12.8. The first-order valence-electron chi connectivity index (χ1n) is 9.98. The zero-order chi connectivity index (χ0) is 20.7. The highest BCUT2D eigenvalue weighted by atomic mass is 35.5. The van der Waals surface area contributed by atoms with Gasteiger partial charge in [-0.25, -0.2) is 12.7 Å². The Morgan fingerprint density at radius 3 is 2.62 bits per heavy atom. The molecule has 1 amide bonds. The van der Waals surface area contributed by atoms with Crippen molar-refractivity contribution in [2.24, 2.45) is 5.92 Å². The number of carbonyl (C=O) groups is 1. The third kappa shape index (κ3) is 6.56. The number of benzene rings is 2. The van der Waals surface area contributed by atoms with Gasteiger partial charge in [-0.15, -0.1) is 0 Å². The Balaban J connectivity index is 1.49. The number of hydrogen-bond acceptors (Lipinski definition) is 3. The zero-order valence-electron chi connectivity index (χ0n) is 16.4. The molecule has 0 spiro atoms. The third-order valence-corrected chi connectivity index (χ3v) is 7.22. The van der Waals surface area contributed by atoms with Gasteiger partial charge in [0.25, 0.3) is 0 Å². The molecular formula is C22H27ClN2O3S. The van der Waals surface area contributed by atoms with Crippen LogP contribution in [0.25, 0.3) is 0 Å². The molecular weight excluding hydrogens is 408 g/mol. The summed E-state index contributed by atoms with van der Waals surface area (Å²) in [7, 11) is -3.49. The van der Waals surface area contributed by atoms with Crippen LogP contribution in [-0.4, -0.2) is 38.3 Å². The fraction of sp³-hybridized carbons (Fsp3) is 0.409. The van der Waals surface area contributed by atoms with Crippen LogP contribution in [0.15, 0.2) is 54.6 Å². The second kappa shape index (κ2) is 10.2. The van der Waals surface area contributed by atoms with Gasteiger partial charge in [-0.3, -0.25) is 4.79 Å². The summed E-state index contributed by atoms with van der Waals surface area (Å²) in [4.78, 5) is 12.5. The molecule has 1 N–H and O–H groups in total. The van der Waals surface area contributed by atoms with Crippen molar-refractivity contribution in [3.63, 3.8) is 0 Å². The van der Waals surface area contributed by atoms with Crippen LogP contribution in [0.3, 0.4) is 0 Å². The van der Waals surface area contributed by atoms with Crippen molar-refractivity contribution >= 4 is 27.5 Å². The summed E-state index contributed by atoms with van der Waals surface area (Å²) in [6.45, 7) is 1.30. The number of rotatable bonds is 8. The molecule has 5 nitrogen and oxygen atoms in total. The minimum Gasteiger partial charge on any atom is -0.356 e. The lowest BCUT2D eigenvalue weighted by atomic mass is 9.99. The minimum atomic E-state index is -3.49. The molecule has 0 aliphatic carbocycles. The molecule has 2 aromatic carbocycles. The molecule has 156 valence electrons. The number of aryl methyl sites for hydroxylation is 1. The Morgan fingerprint density at radius 1 is 1.10 bits per heavy atom. The summed E-state index contributed by atoms with van der Waals surface area (Å²) in [5, 5.41) is 3.49. The van der Waals surface area contributed by atoms with Crippen LogP contribution >= 0.6 is 11.6 Å². The fourth-order valence-corrected chi connectivity index (χ4v) is 5.44. The second-order valence-corrected chi connectivity index (χ2v) is 9.87. The maximum Gasteiger partial charge on any atom is 0.224 e. The highest BCUT2D eigenvalue weighted by molar-refractivity contribution is 7.88. The maximum absolute atomic E-state index is 12.8. The number of nitrogens with zero attached hydrogens (tertiary/aromatic N) is 1. The average Bonchev–Trinajstić information content (AvgIpc) is 2.71. The van der Waals surface area contributed by atoms with Gasteiger partial charge in [0.1, 0.15) is 0 Å². The van der Waals surface area contributed by atoms with Crippen molar-refractivity contribution in [2.45, 2.75) is 31.4 Å². The Bertz CT molecular complexity index is 919. The van der Waals surface area contributed by atoms with E-state index < -0.39 is 10.0 Å². The van der Waals surface area contributed by atoms with Gasteiger partial charge < -0.3 is 5.32 Å². The van der Waals surface area contributed by atoms with Gasteiger partial charge >= 0.3 is 0 Å². The molecule has 0 saturated carbocycles. The van der Waals surface area contributed by atoms with E-state index in [2.05, 4.69) is 17.4 Å². The predicted molar refractivity (Wildman–Crippen MR) is 116 cm³/mol. The second-order valence-electron chi connectivity index (χ2n) is 7.46. The first-order chi connectivity index (χ1) is 13.9. The van der Waals surface area contributed by atoms with E-state index in [-0.39, 0.29) is 24.1 Å². The van der Waals surface area contributed by atoms with E-state index in [0.29, 0.717) is 36.5 Å². The quantitative estimate of drug-likeness (QED) is 0.645. The number of sulfonamides is 1. The van der Waals surface area contributed by atoms with Crippen LogP contribution in [-0.2, 0) is 27.0 Å². The van der Waals surface area contributed by atoms with Crippen LogP contribution in [0.2, 0.25) is 5.02 Å². The van der Waals surface area contributed by atoms with Gasteiger partial charge in [0, 0.05) is 24.7 Å². The highest BCUT2D eigenvalue weighted by Gasteiger charge is 2.32. The van der Waals surface area contributed by atoms with Crippen LogP contribution < -0.4 is 5.32 Å².